The van der Waals surface area contributed by atoms with Crippen LogP contribution in [0, 0.1) is 13.8 Å². The highest BCUT2D eigenvalue weighted by Crippen LogP contribution is 2.55. The van der Waals surface area contributed by atoms with E-state index in [2.05, 4.69) is 184 Å². The van der Waals surface area contributed by atoms with Crippen molar-refractivity contribution in [2.24, 2.45) is 0 Å². The van der Waals surface area contributed by atoms with E-state index >= 15 is 0 Å². The van der Waals surface area contributed by atoms with Crippen LogP contribution in [-0.4, -0.2) is 0 Å². The molecule has 1 aliphatic carbocycles. The summed E-state index contributed by atoms with van der Waals surface area (Å²) in [6.45, 7) is 4.52. The minimum atomic E-state index is 1.23. The van der Waals surface area contributed by atoms with Gasteiger partial charge in [-0.25, -0.2) is 0 Å². The van der Waals surface area contributed by atoms with E-state index in [1.54, 1.807) is 0 Å². The topological polar surface area (TPSA) is 0 Å². The maximum Gasteiger partial charge on any atom is -0.00114 e. The SMILES string of the molecule is Cc1cc(C)c2c(c1)-c1cc3c4ccc(-c5ccccc5)cc4c(-c4cc5ccccc5c5ccccc45)cc3c3ccc(-c4ccccc4)c-2c13. The molecular weight excluding hydrogens is 625 g/mol. The Bertz CT molecular complexity index is 3110. The van der Waals surface area contributed by atoms with Gasteiger partial charge in [0.1, 0.15) is 0 Å². The van der Waals surface area contributed by atoms with Crippen molar-refractivity contribution in [2.75, 3.05) is 0 Å². The van der Waals surface area contributed by atoms with Gasteiger partial charge in [-0.3, -0.25) is 0 Å². The highest BCUT2D eigenvalue weighted by Gasteiger charge is 2.28. The molecule has 0 radical (unpaired) electrons. The molecule has 11 rings (SSSR count). The van der Waals surface area contributed by atoms with Crippen molar-refractivity contribution in [3.63, 3.8) is 0 Å². The smallest absolute Gasteiger partial charge is 0.00114 e. The molecule has 0 unspecified atom stereocenters. The molecular formula is C52H34. The first-order valence-electron chi connectivity index (χ1n) is 18.3. The number of fused-ring (bicyclic) bond motifs is 10. The third-order valence-electron chi connectivity index (χ3n) is 11.5. The van der Waals surface area contributed by atoms with Gasteiger partial charge < -0.3 is 0 Å². The Morgan fingerprint density at radius 2 is 0.904 bits per heavy atom. The lowest BCUT2D eigenvalue weighted by Crippen LogP contribution is -1.91. The van der Waals surface area contributed by atoms with E-state index in [4.69, 9.17) is 0 Å². The average Bonchev–Trinajstić information content (AvgIpc) is 3.52. The molecule has 242 valence electrons. The zero-order chi connectivity index (χ0) is 34.5. The first-order chi connectivity index (χ1) is 25.6. The van der Waals surface area contributed by atoms with Gasteiger partial charge in [0.25, 0.3) is 0 Å². The number of hydrogen-bond acceptors (Lipinski definition) is 0. The molecule has 0 saturated carbocycles. The van der Waals surface area contributed by atoms with Gasteiger partial charge in [0.15, 0.2) is 0 Å². The van der Waals surface area contributed by atoms with Crippen LogP contribution in [0.25, 0.3) is 109 Å². The first-order valence-corrected chi connectivity index (χ1v) is 18.3. The van der Waals surface area contributed by atoms with Crippen LogP contribution in [0.3, 0.4) is 0 Å². The van der Waals surface area contributed by atoms with E-state index in [-0.39, 0.29) is 0 Å². The van der Waals surface area contributed by atoms with Gasteiger partial charge in [0.05, 0.1) is 0 Å². The number of benzene rings is 10. The fraction of sp³-hybridized carbons (Fsp3) is 0.0385. The summed E-state index contributed by atoms with van der Waals surface area (Å²) >= 11 is 0. The lowest BCUT2D eigenvalue weighted by molar-refractivity contribution is 1.39. The Morgan fingerprint density at radius 3 is 1.71 bits per heavy atom. The summed E-state index contributed by atoms with van der Waals surface area (Å²) in [4.78, 5) is 0. The fourth-order valence-electron chi connectivity index (χ4n) is 9.30. The summed E-state index contributed by atoms with van der Waals surface area (Å²) in [7, 11) is 0. The summed E-state index contributed by atoms with van der Waals surface area (Å²) in [6.07, 6.45) is 0. The monoisotopic (exact) mass is 658 g/mol. The normalized spacial score (nSPS) is 12.0. The largest absolute Gasteiger partial charge is 0.0622 e. The second-order valence-corrected chi connectivity index (χ2v) is 14.5. The standard InChI is InChI=1S/C52H34/c1-31-25-32(2)50-48(26-31)49-30-45-41-22-21-35(33-13-5-3-6-14-33)27-43(41)47(44-28-36-17-9-10-18-37(36)39-19-11-12-20-40(39)44)29-46(45)42-24-23-38(52(50)51(42)49)34-15-7-4-8-16-34/h3-30H,1-2H3. The molecule has 0 atom stereocenters. The van der Waals surface area contributed by atoms with Crippen LogP contribution in [-0.2, 0) is 0 Å². The summed E-state index contributed by atoms with van der Waals surface area (Å²) in [5.74, 6) is 0. The molecule has 0 aliphatic heterocycles. The summed E-state index contributed by atoms with van der Waals surface area (Å²) in [5, 5.41) is 13.0. The van der Waals surface area contributed by atoms with Crippen LogP contribution < -0.4 is 0 Å². The third-order valence-corrected chi connectivity index (χ3v) is 11.5. The predicted octanol–water partition coefficient (Wildman–Crippen LogP) is 14.7. The van der Waals surface area contributed by atoms with E-state index in [0.717, 1.165) is 0 Å². The van der Waals surface area contributed by atoms with Gasteiger partial charge in [-0.2, -0.15) is 0 Å². The van der Waals surface area contributed by atoms with Crippen LogP contribution in [0.1, 0.15) is 11.1 Å². The Hall–Kier alpha value is -6.50. The molecule has 0 saturated heterocycles. The zero-order valence-electron chi connectivity index (χ0n) is 29.2. The Labute approximate surface area is 303 Å². The first kappa shape index (κ1) is 29.3. The van der Waals surface area contributed by atoms with Gasteiger partial charge in [-0.1, -0.05) is 151 Å². The van der Waals surface area contributed by atoms with Gasteiger partial charge >= 0.3 is 0 Å². The lowest BCUT2D eigenvalue weighted by atomic mass is 9.85. The van der Waals surface area contributed by atoms with Crippen LogP contribution in [0.2, 0.25) is 0 Å². The summed E-state index contributed by atoms with van der Waals surface area (Å²) in [6, 6.07) is 63.6. The van der Waals surface area contributed by atoms with Crippen molar-refractivity contribution in [1.82, 2.24) is 0 Å². The second-order valence-electron chi connectivity index (χ2n) is 14.5. The molecule has 0 bridgehead atoms. The minimum Gasteiger partial charge on any atom is -0.0622 e. The van der Waals surface area contributed by atoms with Gasteiger partial charge in [0, 0.05) is 0 Å². The van der Waals surface area contributed by atoms with Crippen LogP contribution in [0.5, 0.6) is 0 Å². The van der Waals surface area contributed by atoms with Gasteiger partial charge in [0.2, 0.25) is 0 Å². The minimum absolute atomic E-state index is 1.23. The van der Waals surface area contributed by atoms with E-state index in [0.29, 0.717) is 0 Å². The second kappa shape index (κ2) is 11.0. The van der Waals surface area contributed by atoms with E-state index < -0.39 is 0 Å². The van der Waals surface area contributed by atoms with Gasteiger partial charge in [-0.15, -0.1) is 0 Å². The van der Waals surface area contributed by atoms with Crippen LogP contribution >= 0.6 is 0 Å². The van der Waals surface area contributed by atoms with Gasteiger partial charge in [-0.05, 0) is 153 Å². The molecule has 0 amide bonds. The molecule has 0 N–H and O–H groups in total. The molecule has 0 spiro atoms. The molecule has 10 aromatic carbocycles. The molecule has 52 heavy (non-hydrogen) atoms. The van der Waals surface area contributed by atoms with Crippen molar-refractivity contribution >= 4 is 53.9 Å². The van der Waals surface area contributed by atoms with Crippen LogP contribution in [0.15, 0.2) is 170 Å². The van der Waals surface area contributed by atoms with Crippen molar-refractivity contribution < 1.29 is 0 Å². The van der Waals surface area contributed by atoms with E-state index in [1.165, 1.54) is 121 Å². The maximum atomic E-state index is 2.51. The fourth-order valence-corrected chi connectivity index (χ4v) is 9.30. The van der Waals surface area contributed by atoms with Crippen molar-refractivity contribution in [3.05, 3.63) is 181 Å². The van der Waals surface area contributed by atoms with Crippen molar-refractivity contribution in [2.45, 2.75) is 13.8 Å². The predicted molar refractivity (Wildman–Crippen MR) is 224 cm³/mol. The van der Waals surface area contributed by atoms with Crippen molar-refractivity contribution in [1.29, 1.82) is 0 Å². The molecule has 1 aliphatic rings. The molecule has 0 heterocycles. The molecule has 0 fully saturated rings. The highest BCUT2D eigenvalue weighted by molar-refractivity contribution is 6.31. The lowest BCUT2D eigenvalue weighted by Gasteiger charge is -2.18. The molecule has 10 aromatic rings. The summed E-state index contributed by atoms with van der Waals surface area (Å²) in [5.41, 5.74) is 15.6. The Morgan fingerprint density at radius 1 is 0.288 bits per heavy atom. The van der Waals surface area contributed by atoms with Crippen LogP contribution in [0.4, 0.5) is 0 Å². The summed E-state index contributed by atoms with van der Waals surface area (Å²) < 4.78 is 0. The molecule has 0 aromatic heterocycles. The van der Waals surface area contributed by atoms with E-state index in [1.807, 2.05) is 0 Å². The average molecular weight is 659 g/mol. The van der Waals surface area contributed by atoms with Crippen molar-refractivity contribution in [3.8, 4) is 55.6 Å². The Kier molecular flexibility index (Phi) is 6.19. The highest BCUT2D eigenvalue weighted by atomic mass is 14.3. The number of hydrogen-bond donors (Lipinski definition) is 0. The zero-order valence-corrected chi connectivity index (χ0v) is 29.2. The van der Waals surface area contributed by atoms with E-state index in [9.17, 15) is 0 Å². The number of aryl methyl sites for hydroxylation is 2. The third kappa shape index (κ3) is 4.16. The number of rotatable bonds is 3. The quantitative estimate of drug-likeness (QED) is 0.166. The maximum absolute atomic E-state index is 2.51. The molecule has 0 nitrogen and oxygen atoms in total. The Balaban J connectivity index is 1.33. The molecule has 0 heteroatoms.